The molecule has 5 heteroatoms. The van der Waals surface area contributed by atoms with Gasteiger partial charge in [0.1, 0.15) is 5.76 Å². The predicted octanol–water partition coefficient (Wildman–Crippen LogP) is 7.25. The molecule has 3 aromatic rings. The molecule has 1 N–H and O–H groups in total. The van der Waals surface area contributed by atoms with Gasteiger partial charge >= 0.3 is 0 Å². The number of amides is 1. The SMILES string of the molecule is Cc1ccc(NC(=O)c2ccc(CN(Cc3ccc(Br)cc3)C3CCCCC3)o2)cc1C. The van der Waals surface area contributed by atoms with E-state index >= 15 is 0 Å². The highest BCUT2D eigenvalue weighted by molar-refractivity contribution is 9.10. The Kier molecular flexibility index (Phi) is 7.48. The Labute approximate surface area is 199 Å². The van der Waals surface area contributed by atoms with Crippen molar-refractivity contribution >= 4 is 27.5 Å². The van der Waals surface area contributed by atoms with Crippen molar-refractivity contribution in [2.45, 2.75) is 65.1 Å². The number of nitrogens with one attached hydrogen (secondary N) is 1. The average molecular weight is 495 g/mol. The fourth-order valence-corrected chi connectivity index (χ4v) is 4.65. The van der Waals surface area contributed by atoms with Crippen LogP contribution < -0.4 is 5.32 Å². The lowest BCUT2D eigenvalue weighted by Crippen LogP contribution is -2.35. The lowest BCUT2D eigenvalue weighted by molar-refractivity contribution is 0.0985. The number of benzene rings is 2. The molecule has 0 unspecified atom stereocenters. The molecule has 168 valence electrons. The van der Waals surface area contributed by atoms with Crippen molar-refractivity contribution in [2.24, 2.45) is 0 Å². The molecule has 0 atom stereocenters. The number of nitrogens with zero attached hydrogens (tertiary/aromatic N) is 1. The van der Waals surface area contributed by atoms with Crippen LogP contribution in [0.5, 0.6) is 0 Å². The Morgan fingerprint density at radius 3 is 2.44 bits per heavy atom. The molecular formula is C27H31BrN2O2. The van der Waals surface area contributed by atoms with Gasteiger partial charge < -0.3 is 9.73 Å². The first-order valence-electron chi connectivity index (χ1n) is 11.4. The molecule has 1 fully saturated rings. The third-order valence-corrected chi connectivity index (χ3v) is 6.93. The summed E-state index contributed by atoms with van der Waals surface area (Å²) in [4.78, 5) is 15.2. The van der Waals surface area contributed by atoms with Gasteiger partial charge in [-0.3, -0.25) is 9.69 Å². The van der Waals surface area contributed by atoms with Crippen molar-refractivity contribution in [1.29, 1.82) is 0 Å². The summed E-state index contributed by atoms with van der Waals surface area (Å²) in [5.74, 6) is 0.972. The van der Waals surface area contributed by atoms with E-state index < -0.39 is 0 Å². The van der Waals surface area contributed by atoms with Crippen LogP contribution in [0.3, 0.4) is 0 Å². The molecule has 1 aliphatic carbocycles. The molecule has 1 heterocycles. The molecule has 0 saturated heterocycles. The topological polar surface area (TPSA) is 45.5 Å². The van der Waals surface area contributed by atoms with E-state index in [-0.39, 0.29) is 5.91 Å². The maximum Gasteiger partial charge on any atom is 0.291 e. The Hall–Kier alpha value is -2.37. The van der Waals surface area contributed by atoms with Gasteiger partial charge in [-0.15, -0.1) is 0 Å². The maximum atomic E-state index is 12.7. The predicted molar refractivity (Wildman–Crippen MR) is 133 cm³/mol. The second-order valence-electron chi connectivity index (χ2n) is 8.84. The zero-order valence-electron chi connectivity index (χ0n) is 18.9. The van der Waals surface area contributed by atoms with E-state index in [0.29, 0.717) is 18.3 Å². The Bertz CT molecular complexity index is 1050. The number of furan rings is 1. The second kappa shape index (κ2) is 10.5. The minimum Gasteiger partial charge on any atom is -0.455 e. The van der Waals surface area contributed by atoms with Gasteiger partial charge in [-0.25, -0.2) is 0 Å². The fourth-order valence-electron chi connectivity index (χ4n) is 4.38. The van der Waals surface area contributed by atoms with Crippen LogP contribution in [0.2, 0.25) is 0 Å². The van der Waals surface area contributed by atoms with Crippen LogP contribution in [0.15, 0.2) is 63.5 Å². The maximum absolute atomic E-state index is 12.7. The molecule has 4 rings (SSSR count). The third kappa shape index (κ3) is 5.90. The minimum absolute atomic E-state index is 0.211. The van der Waals surface area contributed by atoms with Crippen LogP contribution in [-0.2, 0) is 13.1 Å². The summed E-state index contributed by atoms with van der Waals surface area (Å²) in [6.07, 6.45) is 6.33. The molecule has 4 nitrogen and oxygen atoms in total. The van der Waals surface area contributed by atoms with E-state index in [0.717, 1.165) is 28.0 Å². The first-order chi connectivity index (χ1) is 15.5. The molecule has 1 amide bonds. The van der Waals surface area contributed by atoms with E-state index in [1.807, 2.05) is 31.2 Å². The first-order valence-corrected chi connectivity index (χ1v) is 12.2. The Morgan fingerprint density at radius 2 is 1.72 bits per heavy atom. The number of aryl methyl sites for hydroxylation is 2. The minimum atomic E-state index is -0.211. The molecule has 2 aromatic carbocycles. The van der Waals surface area contributed by atoms with Crippen LogP contribution >= 0.6 is 15.9 Å². The number of rotatable bonds is 7. The number of carbonyl (C=O) groups is 1. The van der Waals surface area contributed by atoms with Gasteiger partial charge in [0, 0.05) is 22.7 Å². The van der Waals surface area contributed by atoms with Crippen LogP contribution in [-0.4, -0.2) is 16.8 Å². The van der Waals surface area contributed by atoms with Crippen LogP contribution in [0.4, 0.5) is 5.69 Å². The van der Waals surface area contributed by atoms with Gasteiger partial charge in [-0.1, -0.05) is 53.4 Å². The fraction of sp³-hybridized carbons (Fsp3) is 0.370. The van der Waals surface area contributed by atoms with Crippen molar-refractivity contribution in [3.63, 3.8) is 0 Å². The molecule has 0 spiro atoms. The highest BCUT2D eigenvalue weighted by Gasteiger charge is 2.23. The van der Waals surface area contributed by atoms with Gasteiger partial charge in [0.15, 0.2) is 5.76 Å². The lowest BCUT2D eigenvalue weighted by Gasteiger charge is -2.34. The van der Waals surface area contributed by atoms with Gasteiger partial charge in [0.25, 0.3) is 5.91 Å². The zero-order chi connectivity index (χ0) is 22.5. The highest BCUT2D eigenvalue weighted by atomic mass is 79.9. The summed E-state index contributed by atoms with van der Waals surface area (Å²) in [7, 11) is 0. The van der Waals surface area contributed by atoms with E-state index in [2.05, 4.69) is 57.3 Å². The molecule has 1 aromatic heterocycles. The van der Waals surface area contributed by atoms with Gasteiger partial charge in [-0.05, 0) is 79.8 Å². The van der Waals surface area contributed by atoms with E-state index in [9.17, 15) is 4.79 Å². The quantitative estimate of drug-likeness (QED) is 0.376. The third-order valence-electron chi connectivity index (χ3n) is 6.40. The molecule has 1 saturated carbocycles. The van der Waals surface area contributed by atoms with Crippen molar-refractivity contribution in [3.8, 4) is 0 Å². The molecular weight excluding hydrogens is 464 g/mol. The lowest BCUT2D eigenvalue weighted by atomic mass is 9.93. The van der Waals surface area contributed by atoms with Crippen LogP contribution in [0, 0.1) is 13.8 Å². The number of hydrogen-bond donors (Lipinski definition) is 1. The summed E-state index contributed by atoms with van der Waals surface area (Å²) < 4.78 is 7.08. The average Bonchev–Trinajstić information content (AvgIpc) is 3.27. The highest BCUT2D eigenvalue weighted by Crippen LogP contribution is 2.27. The summed E-state index contributed by atoms with van der Waals surface area (Å²) in [6, 6.07) is 18.7. The van der Waals surface area contributed by atoms with Crippen LogP contribution in [0.25, 0.3) is 0 Å². The van der Waals surface area contributed by atoms with Crippen molar-refractivity contribution in [1.82, 2.24) is 4.90 Å². The van der Waals surface area contributed by atoms with E-state index in [1.165, 1.54) is 43.2 Å². The standard InChI is InChI=1S/C27H31BrN2O2/c1-19-8-13-23(16-20(19)2)29-27(31)26-15-14-25(32-26)18-30(24-6-4-3-5-7-24)17-21-9-11-22(28)12-10-21/h8-16,24H,3-7,17-18H2,1-2H3,(H,29,31). The normalized spacial score (nSPS) is 14.6. The number of halogens is 1. The zero-order valence-corrected chi connectivity index (χ0v) is 20.5. The molecule has 0 aliphatic heterocycles. The molecule has 1 aliphatic rings. The summed E-state index contributed by atoms with van der Waals surface area (Å²) in [5, 5.41) is 2.95. The van der Waals surface area contributed by atoms with Gasteiger partial charge in [-0.2, -0.15) is 0 Å². The van der Waals surface area contributed by atoms with E-state index in [1.54, 1.807) is 6.07 Å². The van der Waals surface area contributed by atoms with Crippen molar-refractivity contribution in [2.75, 3.05) is 5.32 Å². The van der Waals surface area contributed by atoms with E-state index in [4.69, 9.17) is 4.42 Å². The van der Waals surface area contributed by atoms with Gasteiger partial charge in [0.05, 0.1) is 6.54 Å². The monoisotopic (exact) mass is 494 g/mol. The summed E-state index contributed by atoms with van der Waals surface area (Å²) >= 11 is 3.52. The van der Waals surface area contributed by atoms with Gasteiger partial charge in [0.2, 0.25) is 0 Å². The smallest absolute Gasteiger partial charge is 0.291 e. The number of hydrogen-bond acceptors (Lipinski definition) is 3. The Balaban J connectivity index is 1.45. The van der Waals surface area contributed by atoms with Crippen LogP contribution in [0.1, 0.15) is 65.1 Å². The largest absolute Gasteiger partial charge is 0.455 e. The molecule has 0 radical (unpaired) electrons. The summed E-state index contributed by atoms with van der Waals surface area (Å²) in [5.41, 5.74) is 4.43. The molecule has 32 heavy (non-hydrogen) atoms. The second-order valence-corrected chi connectivity index (χ2v) is 9.76. The number of anilines is 1. The molecule has 0 bridgehead atoms. The summed E-state index contributed by atoms with van der Waals surface area (Å²) in [6.45, 7) is 5.69. The Morgan fingerprint density at radius 1 is 0.969 bits per heavy atom. The first kappa shape index (κ1) is 22.8. The van der Waals surface area contributed by atoms with Crippen molar-refractivity contribution in [3.05, 3.63) is 87.3 Å². The van der Waals surface area contributed by atoms with Crippen molar-refractivity contribution < 1.29 is 9.21 Å². The number of carbonyl (C=O) groups excluding carboxylic acids is 1.